The maximum absolute atomic E-state index is 11.8. The van der Waals surface area contributed by atoms with Gasteiger partial charge < -0.3 is 10.1 Å². The lowest BCUT2D eigenvalue weighted by Gasteiger charge is -2.08. The summed E-state index contributed by atoms with van der Waals surface area (Å²) in [4.78, 5) is 11.8. The van der Waals surface area contributed by atoms with Crippen molar-refractivity contribution in [2.45, 2.75) is 18.6 Å². The van der Waals surface area contributed by atoms with Crippen molar-refractivity contribution in [3.8, 4) is 5.75 Å². The van der Waals surface area contributed by atoms with Crippen LogP contribution < -0.4 is 10.1 Å². The molecule has 1 atom stereocenters. The topological polar surface area (TPSA) is 63.1 Å². The lowest BCUT2D eigenvalue weighted by atomic mass is 10.1. The highest BCUT2D eigenvalue weighted by molar-refractivity contribution is 9.10. The van der Waals surface area contributed by atoms with Crippen LogP contribution in [0.5, 0.6) is 5.75 Å². The van der Waals surface area contributed by atoms with E-state index in [1.54, 1.807) is 0 Å². The molecule has 1 amide bonds. The number of benzene rings is 2. The Labute approximate surface area is 165 Å². The molecule has 1 aliphatic heterocycles. The van der Waals surface area contributed by atoms with Gasteiger partial charge in [-0.15, -0.1) is 10.2 Å². The van der Waals surface area contributed by atoms with E-state index >= 15 is 0 Å². The lowest BCUT2D eigenvalue weighted by Crippen LogP contribution is -2.24. The predicted octanol–water partition coefficient (Wildman–Crippen LogP) is 4.23. The van der Waals surface area contributed by atoms with Gasteiger partial charge in [0, 0.05) is 10.0 Å². The molecule has 0 radical (unpaired) electrons. The Morgan fingerprint density at radius 2 is 1.92 bits per heavy atom. The lowest BCUT2D eigenvalue weighted by molar-refractivity contribution is -0.118. The quantitative estimate of drug-likeness (QED) is 0.549. The maximum Gasteiger partial charge on any atom is 0.239 e. The van der Waals surface area contributed by atoms with Crippen molar-refractivity contribution >= 4 is 44.5 Å². The molecule has 0 saturated carbocycles. The van der Waals surface area contributed by atoms with Crippen molar-refractivity contribution < 1.29 is 9.53 Å². The van der Waals surface area contributed by atoms with Crippen molar-refractivity contribution in [2.75, 3.05) is 6.61 Å². The number of hydrogen-bond donors (Lipinski definition) is 1. The smallest absolute Gasteiger partial charge is 0.239 e. The number of carbonyl (C=O) groups excluding carboxylic acids is 1. The number of nitrogens with zero attached hydrogens (tertiary/aromatic N) is 2. The maximum atomic E-state index is 11.8. The van der Waals surface area contributed by atoms with Crippen molar-refractivity contribution in [1.82, 2.24) is 5.32 Å². The molecule has 3 rings (SSSR count). The Hall–Kier alpha value is -2.12. The standard InChI is InChI=1S/C19H18BrN3O2S/c1-2-17-18(24)21-19(26-17)23-22-16(13-8-10-14(20)11-9-13)12-25-15-6-4-3-5-7-15/h3-11,17H,2,12H2,1H3,(H,21,23,24)/b22-16-. The van der Waals surface area contributed by atoms with Crippen LogP contribution in [0.25, 0.3) is 0 Å². The van der Waals surface area contributed by atoms with Gasteiger partial charge in [0.15, 0.2) is 5.17 Å². The number of thioether (sulfide) groups is 1. The van der Waals surface area contributed by atoms with E-state index in [-0.39, 0.29) is 17.8 Å². The molecule has 2 aromatic carbocycles. The van der Waals surface area contributed by atoms with Gasteiger partial charge in [-0.05, 0) is 30.7 Å². The third kappa shape index (κ3) is 4.95. The average molecular weight is 432 g/mol. The van der Waals surface area contributed by atoms with Crippen LogP contribution in [0.15, 0.2) is 69.3 Å². The molecular formula is C19H18BrN3O2S. The normalized spacial score (nSPS) is 18.8. The summed E-state index contributed by atoms with van der Waals surface area (Å²) in [6.07, 6.45) is 0.760. The van der Waals surface area contributed by atoms with Crippen LogP contribution in [0.1, 0.15) is 18.9 Å². The second-order valence-electron chi connectivity index (χ2n) is 5.56. The third-order valence-corrected chi connectivity index (χ3v) is 5.47. The van der Waals surface area contributed by atoms with E-state index in [0.717, 1.165) is 22.2 Å². The molecule has 0 aliphatic carbocycles. The van der Waals surface area contributed by atoms with Gasteiger partial charge in [0.05, 0.1) is 5.25 Å². The van der Waals surface area contributed by atoms with Crippen molar-refractivity contribution in [1.29, 1.82) is 0 Å². The molecule has 134 valence electrons. The second-order valence-corrected chi connectivity index (χ2v) is 7.67. The van der Waals surface area contributed by atoms with Gasteiger partial charge in [-0.25, -0.2) is 0 Å². The first kappa shape index (κ1) is 18.7. The van der Waals surface area contributed by atoms with Gasteiger partial charge in [0.1, 0.15) is 18.1 Å². The fourth-order valence-corrected chi connectivity index (χ4v) is 3.42. The van der Waals surface area contributed by atoms with E-state index in [0.29, 0.717) is 10.9 Å². The molecule has 26 heavy (non-hydrogen) atoms. The molecule has 1 unspecified atom stereocenters. The van der Waals surface area contributed by atoms with E-state index in [9.17, 15) is 4.79 Å². The summed E-state index contributed by atoms with van der Waals surface area (Å²) in [5.74, 6) is 0.747. The summed E-state index contributed by atoms with van der Waals surface area (Å²) in [6, 6.07) is 17.3. The van der Waals surface area contributed by atoms with E-state index in [2.05, 4.69) is 31.4 Å². The number of halogens is 1. The van der Waals surface area contributed by atoms with Crippen LogP contribution in [0, 0.1) is 0 Å². The van der Waals surface area contributed by atoms with E-state index < -0.39 is 0 Å². The fraction of sp³-hybridized carbons (Fsp3) is 0.211. The second kappa shape index (κ2) is 9.00. The highest BCUT2D eigenvalue weighted by Crippen LogP contribution is 2.22. The minimum Gasteiger partial charge on any atom is -0.487 e. The molecule has 1 fully saturated rings. The molecule has 1 aliphatic rings. The molecule has 1 N–H and O–H groups in total. The van der Waals surface area contributed by atoms with Crippen molar-refractivity contribution in [2.24, 2.45) is 10.2 Å². The Bertz CT molecular complexity index is 822. The van der Waals surface area contributed by atoms with E-state index in [1.807, 2.05) is 61.5 Å². The molecule has 7 heteroatoms. The summed E-state index contributed by atoms with van der Waals surface area (Å²) < 4.78 is 6.81. The number of rotatable bonds is 6. The molecule has 0 bridgehead atoms. The first-order chi connectivity index (χ1) is 12.7. The highest BCUT2D eigenvalue weighted by Gasteiger charge is 2.28. The molecule has 0 spiro atoms. The largest absolute Gasteiger partial charge is 0.487 e. The van der Waals surface area contributed by atoms with Gasteiger partial charge >= 0.3 is 0 Å². The third-order valence-electron chi connectivity index (χ3n) is 3.70. The first-order valence-electron chi connectivity index (χ1n) is 8.21. The summed E-state index contributed by atoms with van der Waals surface area (Å²) in [7, 11) is 0. The number of hydrogen-bond acceptors (Lipinski definition) is 5. The van der Waals surface area contributed by atoms with Gasteiger partial charge in [0.25, 0.3) is 0 Å². The number of ether oxygens (including phenoxy) is 1. The number of carbonyl (C=O) groups is 1. The molecule has 1 saturated heterocycles. The van der Waals surface area contributed by atoms with Gasteiger partial charge in [0.2, 0.25) is 5.91 Å². The Kier molecular flexibility index (Phi) is 6.46. The fourth-order valence-electron chi connectivity index (χ4n) is 2.31. The zero-order valence-corrected chi connectivity index (χ0v) is 16.6. The van der Waals surface area contributed by atoms with E-state index in [1.165, 1.54) is 11.8 Å². The minimum atomic E-state index is -0.0966. The highest BCUT2D eigenvalue weighted by atomic mass is 79.9. The first-order valence-corrected chi connectivity index (χ1v) is 9.89. The molecule has 2 aromatic rings. The molecule has 0 aromatic heterocycles. The average Bonchev–Trinajstić information content (AvgIpc) is 3.03. The van der Waals surface area contributed by atoms with Crippen molar-refractivity contribution in [3.05, 3.63) is 64.6 Å². The van der Waals surface area contributed by atoms with Gasteiger partial charge in [-0.2, -0.15) is 0 Å². The van der Waals surface area contributed by atoms with Crippen LogP contribution in [0.3, 0.4) is 0 Å². The molecule has 5 nitrogen and oxygen atoms in total. The van der Waals surface area contributed by atoms with Gasteiger partial charge in [-0.1, -0.05) is 64.9 Å². The summed E-state index contributed by atoms with van der Waals surface area (Å²) in [5, 5.41) is 11.8. The van der Waals surface area contributed by atoms with E-state index in [4.69, 9.17) is 4.74 Å². The predicted molar refractivity (Wildman–Crippen MR) is 110 cm³/mol. The Morgan fingerprint density at radius 1 is 1.19 bits per heavy atom. The van der Waals surface area contributed by atoms with Crippen LogP contribution in [0.4, 0.5) is 0 Å². The van der Waals surface area contributed by atoms with Crippen LogP contribution >= 0.6 is 27.7 Å². The van der Waals surface area contributed by atoms with Crippen LogP contribution in [0.2, 0.25) is 0 Å². The summed E-state index contributed by atoms with van der Waals surface area (Å²) >= 11 is 4.84. The number of para-hydroxylation sites is 1. The SMILES string of the molecule is CCC1SC(=N/N=C(/COc2ccccc2)c2ccc(Br)cc2)NC1=O. The number of amidine groups is 1. The molecule has 1 heterocycles. The number of nitrogens with one attached hydrogen (secondary N) is 1. The Balaban J connectivity index is 1.80. The van der Waals surface area contributed by atoms with Crippen molar-refractivity contribution in [3.63, 3.8) is 0 Å². The molecular weight excluding hydrogens is 414 g/mol. The van der Waals surface area contributed by atoms with Crippen LogP contribution in [-0.4, -0.2) is 28.6 Å². The van der Waals surface area contributed by atoms with Crippen LogP contribution in [-0.2, 0) is 4.79 Å². The zero-order chi connectivity index (χ0) is 18.4. The minimum absolute atomic E-state index is 0.0165. The monoisotopic (exact) mass is 431 g/mol. The Morgan fingerprint density at radius 3 is 2.58 bits per heavy atom. The van der Waals surface area contributed by atoms with Gasteiger partial charge in [-0.3, -0.25) is 4.79 Å². The summed E-state index contributed by atoms with van der Waals surface area (Å²) in [6.45, 7) is 2.25. The summed E-state index contributed by atoms with van der Waals surface area (Å²) in [5.41, 5.74) is 1.60. The number of amides is 1. The zero-order valence-electron chi connectivity index (χ0n) is 14.2.